The highest BCUT2D eigenvalue weighted by Gasteiger charge is 2.23. The minimum absolute atomic E-state index is 0.00755. The summed E-state index contributed by atoms with van der Waals surface area (Å²) in [5.41, 5.74) is 5.49. The molecule has 0 unspecified atom stereocenters. The fourth-order valence-electron chi connectivity index (χ4n) is 3.48. The number of likely N-dealkylation sites (N-methyl/N-ethyl adjacent to an activating group) is 2. The molecule has 0 heterocycles. The Morgan fingerprint density at radius 2 is 1.06 bits per heavy atom. The first-order valence-electron chi connectivity index (χ1n) is 11.9. The summed E-state index contributed by atoms with van der Waals surface area (Å²) in [6, 6.07) is -1.25. The predicted octanol–water partition coefficient (Wildman–Crippen LogP) is -0.802. The molecule has 10 nitrogen and oxygen atoms in total. The lowest BCUT2D eigenvalue weighted by molar-refractivity contribution is -0.128. The minimum atomic E-state index is -0.705. The number of hydrogen-bond donors (Lipinski definition) is 7. The van der Waals surface area contributed by atoms with E-state index < -0.39 is 11.9 Å². The van der Waals surface area contributed by atoms with Crippen molar-refractivity contribution in [2.24, 2.45) is 5.73 Å². The van der Waals surface area contributed by atoms with Gasteiger partial charge in [-0.3, -0.25) is 14.4 Å². The van der Waals surface area contributed by atoms with Crippen LogP contribution >= 0.6 is 0 Å². The second-order valence-corrected chi connectivity index (χ2v) is 8.13. The maximum atomic E-state index is 12.5. The molecule has 10 heteroatoms. The maximum Gasteiger partial charge on any atom is 0.240 e. The lowest BCUT2D eigenvalue weighted by Gasteiger charge is -2.21. The van der Waals surface area contributed by atoms with E-state index in [1.54, 1.807) is 14.1 Å². The minimum Gasteiger partial charge on any atom is -0.368 e. The molecule has 8 N–H and O–H groups in total. The quantitative estimate of drug-likeness (QED) is 0.112. The van der Waals surface area contributed by atoms with Crippen LogP contribution in [0.15, 0.2) is 0 Å². The first kappa shape index (κ1) is 30.2. The zero-order valence-electron chi connectivity index (χ0n) is 20.5. The largest absolute Gasteiger partial charge is 0.368 e. The van der Waals surface area contributed by atoms with Crippen molar-refractivity contribution < 1.29 is 14.4 Å². The molecule has 0 aromatic heterocycles. The average Bonchev–Trinajstić information content (AvgIpc) is 2.77. The van der Waals surface area contributed by atoms with Crippen LogP contribution in [-0.4, -0.2) is 83.7 Å². The number of primary amides is 1. The van der Waals surface area contributed by atoms with Crippen molar-refractivity contribution in [2.75, 3.05) is 47.8 Å². The molecule has 0 aliphatic rings. The van der Waals surface area contributed by atoms with E-state index in [0.29, 0.717) is 32.2 Å². The van der Waals surface area contributed by atoms with Gasteiger partial charge in [0.15, 0.2) is 0 Å². The molecule has 0 fully saturated rings. The number of nitrogens with two attached hydrogens (primary N) is 1. The molecular weight excluding hydrogens is 410 g/mol. The standard InChI is InChI=1S/C22H47N7O3/c1-24-14-8-5-12-18(26-3)21(31)28-16-10-7-11-17(20(23)30)29-22(32)19(27-4)13-6-9-15-25-2/h17-19,24-27H,5-16H2,1-4H3,(H2,23,30)(H,28,31)(H,29,32)/t17-,18-,19-/m0/s1. The molecule has 0 aliphatic heterocycles. The van der Waals surface area contributed by atoms with E-state index in [2.05, 4.69) is 31.9 Å². The molecule has 0 rings (SSSR count). The van der Waals surface area contributed by atoms with Crippen LogP contribution in [0.25, 0.3) is 0 Å². The molecule has 0 spiro atoms. The molecule has 0 saturated heterocycles. The first-order valence-corrected chi connectivity index (χ1v) is 11.9. The van der Waals surface area contributed by atoms with Gasteiger partial charge in [-0.05, 0) is 86.2 Å². The summed E-state index contributed by atoms with van der Waals surface area (Å²) in [7, 11) is 7.35. The number of carbonyl (C=O) groups is 3. The predicted molar refractivity (Wildman–Crippen MR) is 129 cm³/mol. The Bertz CT molecular complexity index is 520. The topological polar surface area (TPSA) is 149 Å². The summed E-state index contributed by atoms with van der Waals surface area (Å²) in [4.78, 5) is 36.6. The molecule has 0 aromatic rings. The van der Waals surface area contributed by atoms with Gasteiger partial charge in [0, 0.05) is 6.54 Å². The number of amides is 3. The van der Waals surface area contributed by atoms with E-state index in [9.17, 15) is 14.4 Å². The van der Waals surface area contributed by atoms with Gasteiger partial charge >= 0.3 is 0 Å². The summed E-state index contributed by atoms with van der Waals surface area (Å²) in [6.45, 7) is 2.38. The van der Waals surface area contributed by atoms with Gasteiger partial charge in [-0.15, -0.1) is 0 Å². The summed E-state index contributed by atoms with van der Waals surface area (Å²) in [6.07, 6.45) is 7.22. The van der Waals surface area contributed by atoms with Crippen LogP contribution < -0.4 is 37.6 Å². The second-order valence-electron chi connectivity index (χ2n) is 8.13. The van der Waals surface area contributed by atoms with Crippen LogP contribution in [-0.2, 0) is 14.4 Å². The lowest BCUT2D eigenvalue weighted by atomic mass is 10.1. The molecule has 0 aliphatic carbocycles. The Kier molecular flexibility index (Phi) is 18.8. The number of unbranched alkanes of at least 4 members (excludes halogenated alkanes) is 3. The van der Waals surface area contributed by atoms with Crippen molar-refractivity contribution in [1.82, 2.24) is 31.9 Å². The highest BCUT2D eigenvalue weighted by Crippen LogP contribution is 2.05. The third kappa shape index (κ3) is 14.3. The van der Waals surface area contributed by atoms with Gasteiger partial charge in [-0.2, -0.15) is 0 Å². The monoisotopic (exact) mass is 457 g/mol. The Morgan fingerprint density at radius 3 is 1.50 bits per heavy atom. The number of rotatable bonds is 21. The fraction of sp³-hybridized carbons (Fsp3) is 0.864. The summed E-state index contributed by atoms with van der Waals surface area (Å²) in [5, 5.41) is 18.0. The Labute approximate surface area is 194 Å². The van der Waals surface area contributed by atoms with E-state index in [1.807, 2.05) is 14.1 Å². The zero-order valence-corrected chi connectivity index (χ0v) is 20.5. The third-order valence-corrected chi connectivity index (χ3v) is 5.55. The van der Waals surface area contributed by atoms with Crippen molar-refractivity contribution in [2.45, 2.75) is 75.9 Å². The highest BCUT2D eigenvalue weighted by molar-refractivity contribution is 5.88. The number of hydrogen-bond acceptors (Lipinski definition) is 7. The third-order valence-electron chi connectivity index (χ3n) is 5.55. The van der Waals surface area contributed by atoms with Gasteiger partial charge in [0.05, 0.1) is 12.1 Å². The van der Waals surface area contributed by atoms with E-state index in [-0.39, 0.29) is 23.9 Å². The van der Waals surface area contributed by atoms with E-state index in [0.717, 1.165) is 45.2 Å². The maximum absolute atomic E-state index is 12.5. The van der Waals surface area contributed by atoms with Crippen molar-refractivity contribution in [3.8, 4) is 0 Å². The zero-order chi connectivity index (χ0) is 24.2. The Morgan fingerprint density at radius 1 is 0.625 bits per heavy atom. The van der Waals surface area contributed by atoms with Crippen molar-refractivity contribution in [3.63, 3.8) is 0 Å². The van der Waals surface area contributed by atoms with Crippen LogP contribution in [0.5, 0.6) is 0 Å². The molecule has 3 amide bonds. The van der Waals surface area contributed by atoms with E-state index in [4.69, 9.17) is 5.73 Å². The molecule has 0 aromatic carbocycles. The summed E-state index contributed by atoms with van der Waals surface area (Å²) < 4.78 is 0. The van der Waals surface area contributed by atoms with Crippen LogP contribution in [0.4, 0.5) is 0 Å². The van der Waals surface area contributed by atoms with Gasteiger partial charge < -0.3 is 37.6 Å². The van der Waals surface area contributed by atoms with Crippen LogP contribution in [0.3, 0.4) is 0 Å². The van der Waals surface area contributed by atoms with Gasteiger partial charge in [0.25, 0.3) is 0 Å². The fourth-order valence-corrected chi connectivity index (χ4v) is 3.48. The van der Waals surface area contributed by atoms with Crippen LogP contribution in [0, 0.1) is 0 Å². The molecule has 188 valence electrons. The first-order chi connectivity index (χ1) is 15.4. The SMILES string of the molecule is CNCCCC[C@H](NC)C(=O)NCCCC[C@H](NC(=O)[C@H](CCCCNC)NC)C(N)=O. The second kappa shape index (κ2) is 19.9. The smallest absolute Gasteiger partial charge is 0.240 e. The van der Waals surface area contributed by atoms with Crippen LogP contribution in [0.1, 0.15) is 57.8 Å². The van der Waals surface area contributed by atoms with Crippen molar-refractivity contribution in [3.05, 3.63) is 0 Å². The van der Waals surface area contributed by atoms with Gasteiger partial charge in [0.2, 0.25) is 17.7 Å². The number of carbonyl (C=O) groups excluding carboxylic acids is 3. The Balaban J connectivity index is 4.27. The van der Waals surface area contributed by atoms with Crippen molar-refractivity contribution in [1.29, 1.82) is 0 Å². The van der Waals surface area contributed by atoms with E-state index in [1.165, 1.54) is 0 Å². The summed E-state index contributed by atoms with van der Waals surface area (Å²) >= 11 is 0. The molecule has 0 bridgehead atoms. The van der Waals surface area contributed by atoms with Crippen molar-refractivity contribution >= 4 is 17.7 Å². The lowest BCUT2D eigenvalue weighted by Crippen LogP contribution is -2.51. The molecule has 3 atom stereocenters. The summed E-state index contributed by atoms with van der Waals surface area (Å²) in [5.74, 6) is -0.750. The average molecular weight is 458 g/mol. The van der Waals surface area contributed by atoms with E-state index >= 15 is 0 Å². The molecule has 32 heavy (non-hydrogen) atoms. The van der Waals surface area contributed by atoms with Gasteiger partial charge in [0.1, 0.15) is 6.04 Å². The Hall–Kier alpha value is -1.75. The van der Waals surface area contributed by atoms with Gasteiger partial charge in [-0.25, -0.2) is 0 Å². The van der Waals surface area contributed by atoms with Gasteiger partial charge in [-0.1, -0.05) is 12.8 Å². The van der Waals surface area contributed by atoms with Crippen LogP contribution in [0.2, 0.25) is 0 Å². The molecular formula is C22H47N7O3. The number of nitrogens with one attached hydrogen (secondary N) is 6. The highest BCUT2D eigenvalue weighted by atomic mass is 16.2. The molecule has 0 saturated carbocycles. The molecule has 0 radical (unpaired) electrons. The normalized spacial score (nSPS) is 13.9.